The second-order valence-electron chi connectivity index (χ2n) is 8.86. The molecule has 2 N–H and O–H groups in total. The van der Waals surface area contributed by atoms with Gasteiger partial charge in [-0.25, -0.2) is 0 Å². The van der Waals surface area contributed by atoms with Crippen molar-refractivity contribution >= 4 is 45.8 Å². The van der Waals surface area contributed by atoms with Crippen molar-refractivity contribution in [2.24, 2.45) is 0 Å². The van der Waals surface area contributed by atoms with Gasteiger partial charge in [0.2, 0.25) is 11.8 Å². The van der Waals surface area contributed by atoms with Crippen molar-refractivity contribution in [3.05, 3.63) is 113 Å². The molecule has 188 valence electrons. The third kappa shape index (κ3) is 6.35. The smallest absolute Gasteiger partial charge is 0.252 e. The first kappa shape index (κ1) is 25.9. The quantitative estimate of drug-likeness (QED) is 0.335. The molecule has 0 aliphatic carbocycles. The summed E-state index contributed by atoms with van der Waals surface area (Å²) in [6.45, 7) is 1.65. The van der Waals surface area contributed by atoms with E-state index in [1.165, 1.54) is 4.90 Å². The van der Waals surface area contributed by atoms with Crippen molar-refractivity contribution in [3.63, 3.8) is 0 Å². The Kier molecular flexibility index (Phi) is 8.21. The lowest BCUT2D eigenvalue weighted by Crippen LogP contribution is -2.53. The highest BCUT2D eigenvalue weighted by Gasteiger charge is 2.30. The van der Waals surface area contributed by atoms with E-state index < -0.39 is 12.1 Å². The third-order valence-corrected chi connectivity index (χ3v) is 6.59. The van der Waals surface area contributed by atoms with E-state index in [4.69, 9.17) is 11.6 Å². The van der Waals surface area contributed by atoms with Crippen molar-refractivity contribution in [2.75, 3.05) is 12.4 Å². The van der Waals surface area contributed by atoms with E-state index >= 15 is 0 Å². The number of para-hydroxylation sites is 1. The number of likely N-dealkylation sites (N-methyl/N-ethyl adjacent to an activating group) is 1. The topological polar surface area (TPSA) is 78.5 Å². The molecule has 0 saturated carbocycles. The second kappa shape index (κ2) is 11.7. The largest absolute Gasteiger partial charge is 0.340 e. The Morgan fingerprint density at radius 1 is 0.838 bits per heavy atom. The van der Waals surface area contributed by atoms with Crippen molar-refractivity contribution < 1.29 is 14.4 Å². The maximum absolute atomic E-state index is 13.6. The molecule has 7 heteroatoms. The number of benzene rings is 4. The van der Waals surface area contributed by atoms with Crippen LogP contribution in [0.1, 0.15) is 22.8 Å². The highest BCUT2D eigenvalue weighted by molar-refractivity contribution is 6.30. The molecule has 0 spiro atoms. The van der Waals surface area contributed by atoms with E-state index in [-0.39, 0.29) is 24.1 Å². The SMILES string of the molecule is C[C@@H](C(=O)Nc1ccccc1)N(C)C(=O)[C@H](Cc1ccc(Cl)cc1)NC(=O)c1cccc2ccccc12. The summed E-state index contributed by atoms with van der Waals surface area (Å²) in [6.07, 6.45) is 0.240. The van der Waals surface area contributed by atoms with Gasteiger partial charge in [-0.3, -0.25) is 14.4 Å². The monoisotopic (exact) mass is 513 g/mol. The van der Waals surface area contributed by atoms with Crippen LogP contribution < -0.4 is 10.6 Å². The number of nitrogens with one attached hydrogen (secondary N) is 2. The normalized spacial score (nSPS) is 12.4. The molecular formula is C30H28ClN3O3. The van der Waals surface area contributed by atoms with Gasteiger partial charge in [0.15, 0.2) is 0 Å². The molecule has 3 amide bonds. The minimum absolute atomic E-state index is 0.240. The van der Waals surface area contributed by atoms with E-state index in [1.54, 1.807) is 44.3 Å². The first-order chi connectivity index (χ1) is 17.8. The highest BCUT2D eigenvalue weighted by atomic mass is 35.5. The van der Waals surface area contributed by atoms with Gasteiger partial charge in [0, 0.05) is 29.7 Å². The van der Waals surface area contributed by atoms with Gasteiger partial charge in [-0.15, -0.1) is 0 Å². The molecule has 0 aromatic heterocycles. The molecule has 0 radical (unpaired) electrons. The molecule has 0 bridgehead atoms. The number of amides is 3. The molecule has 2 atom stereocenters. The van der Waals surface area contributed by atoms with Gasteiger partial charge in [-0.2, -0.15) is 0 Å². The molecule has 37 heavy (non-hydrogen) atoms. The molecule has 0 fully saturated rings. The number of nitrogens with zero attached hydrogens (tertiary/aromatic N) is 1. The fraction of sp³-hybridized carbons (Fsp3) is 0.167. The van der Waals surface area contributed by atoms with Crippen molar-refractivity contribution in [2.45, 2.75) is 25.4 Å². The van der Waals surface area contributed by atoms with Crippen molar-refractivity contribution in [3.8, 4) is 0 Å². The predicted molar refractivity (Wildman–Crippen MR) is 148 cm³/mol. The Morgan fingerprint density at radius 2 is 1.49 bits per heavy atom. The summed E-state index contributed by atoms with van der Waals surface area (Å²) in [5.41, 5.74) is 1.95. The van der Waals surface area contributed by atoms with E-state index in [2.05, 4.69) is 10.6 Å². The molecule has 0 aliphatic heterocycles. The molecule has 4 aromatic rings. The fourth-order valence-electron chi connectivity index (χ4n) is 4.10. The van der Waals surface area contributed by atoms with Crippen LogP contribution in [0.4, 0.5) is 5.69 Å². The molecule has 4 aromatic carbocycles. The van der Waals surface area contributed by atoms with E-state index in [1.807, 2.05) is 66.7 Å². The number of carbonyl (C=O) groups is 3. The Balaban J connectivity index is 1.57. The number of rotatable bonds is 8. The van der Waals surface area contributed by atoms with Crippen molar-refractivity contribution in [1.29, 1.82) is 0 Å². The molecular weight excluding hydrogens is 486 g/mol. The number of fused-ring (bicyclic) bond motifs is 1. The third-order valence-electron chi connectivity index (χ3n) is 6.34. The molecule has 4 rings (SSSR count). The Hall–Kier alpha value is -4.16. The van der Waals surface area contributed by atoms with Crippen LogP contribution in [0.3, 0.4) is 0 Å². The zero-order chi connectivity index (χ0) is 26.4. The zero-order valence-electron chi connectivity index (χ0n) is 20.6. The molecule has 0 aliphatic rings. The summed E-state index contributed by atoms with van der Waals surface area (Å²) < 4.78 is 0. The van der Waals surface area contributed by atoms with Gasteiger partial charge in [-0.1, -0.05) is 78.3 Å². The van der Waals surface area contributed by atoms with Crippen LogP contribution >= 0.6 is 11.6 Å². The lowest BCUT2D eigenvalue weighted by molar-refractivity contribution is -0.138. The van der Waals surface area contributed by atoms with Crippen LogP contribution in [0.25, 0.3) is 10.8 Å². The minimum Gasteiger partial charge on any atom is -0.340 e. The molecule has 0 heterocycles. The average molecular weight is 514 g/mol. The van der Waals surface area contributed by atoms with Gasteiger partial charge < -0.3 is 15.5 Å². The van der Waals surface area contributed by atoms with Gasteiger partial charge in [-0.05, 0) is 53.6 Å². The number of halogens is 1. The van der Waals surface area contributed by atoms with Crippen molar-refractivity contribution in [1.82, 2.24) is 10.2 Å². The van der Waals surface area contributed by atoms with Crippen LogP contribution in [-0.4, -0.2) is 41.8 Å². The lowest BCUT2D eigenvalue weighted by atomic mass is 10.0. The van der Waals surface area contributed by atoms with Crippen LogP contribution in [0.2, 0.25) is 5.02 Å². The standard InChI is InChI=1S/C30H28ClN3O3/c1-20(28(35)32-24-11-4-3-5-12-24)34(2)30(37)27(19-21-15-17-23(31)18-16-21)33-29(36)26-14-8-10-22-9-6-7-13-25(22)26/h3-18,20,27H,19H2,1-2H3,(H,32,35)(H,33,36)/t20-,27-/m0/s1. The van der Waals surface area contributed by atoms with Crippen LogP contribution in [0.5, 0.6) is 0 Å². The van der Waals surface area contributed by atoms with E-state index in [0.717, 1.165) is 16.3 Å². The second-order valence-corrected chi connectivity index (χ2v) is 9.30. The first-order valence-electron chi connectivity index (χ1n) is 12.0. The summed E-state index contributed by atoms with van der Waals surface area (Å²) in [6, 6.07) is 27.6. The fourth-order valence-corrected chi connectivity index (χ4v) is 4.22. The number of hydrogen-bond acceptors (Lipinski definition) is 3. The van der Waals surface area contributed by atoms with Crippen LogP contribution in [-0.2, 0) is 16.0 Å². The Bertz CT molecular complexity index is 1400. The molecule has 0 unspecified atom stereocenters. The van der Waals surface area contributed by atoms with Gasteiger partial charge in [0.1, 0.15) is 12.1 Å². The summed E-state index contributed by atoms with van der Waals surface area (Å²) >= 11 is 6.03. The van der Waals surface area contributed by atoms with Crippen LogP contribution in [0, 0.1) is 0 Å². The highest BCUT2D eigenvalue weighted by Crippen LogP contribution is 2.19. The maximum Gasteiger partial charge on any atom is 0.252 e. The summed E-state index contributed by atoms with van der Waals surface area (Å²) in [5.74, 6) is -1.06. The average Bonchev–Trinajstić information content (AvgIpc) is 2.92. The summed E-state index contributed by atoms with van der Waals surface area (Å²) in [5, 5.41) is 8.05. The van der Waals surface area contributed by atoms with Gasteiger partial charge >= 0.3 is 0 Å². The molecule has 6 nitrogen and oxygen atoms in total. The molecule has 0 saturated heterocycles. The Morgan fingerprint density at radius 3 is 2.22 bits per heavy atom. The first-order valence-corrected chi connectivity index (χ1v) is 12.4. The minimum atomic E-state index is -0.899. The zero-order valence-corrected chi connectivity index (χ0v) is 21.4. The van der Waals surface area contributed by atoms with E-state index in [0.29, 0.717) is 16.3 Å². The van der Waals surface area contributed by atoms with Gasteiger partial charge in [0.25, 0.3) is 5.91 Å². The number of carbonyl (C=O) groups excluding carboxylic acids is 3. The summed E-state index contributed by atoms with van der Waals surface area (Å²) in [7, 11) is 1.57. The van der Waals surface area contributed by atoms with Gasteiger partial charge in [0.05, 0.1) is 0 Å². The number of anilines is 1. The number of hydrogen-bond donors (Lipinski definition) is 2. The Labute approximate surface area is 221 Å². The van der Waals surface area contributed by atoms with E-state index in [9.17, 15) is 14.4 Å². The lowest BCUT2D eigenvalue weighted by Gasteiger charge is -2.29. The maximum atomic E-state index is 13.6. The van der Waals surface area contributed by atoms with Crippen LogP contribution in [0.15, 0.2) is 97.1 Å². The summed E-state index contributed by atoms with van der Waals surface area (Å²) in [4.78, 5) is 41.3. The predicted octanol–water partition coefficient (Wildman–Crippen LogP) is 5.32.